The number of esters is 2. The van der Waals surface area contributed by atoms with Gasteiger partial charge in [0.15, 0.2) is 0 Å². The zero-order valence-corrected chi connectivity index (χ0v) is 21.4. The lowest BCUT2D eigenvalue weighted by Crippen LogP contribution is -2.46. The number of aromatic nitrogens is 4. The number of hydrogen-bond acceptors (Lipinski definition) is 11. The van der Waals surface area contributed by atoms with Crippen molar-refractivity contribution in [1.29, 1.82) is 5.26 Å². The fraction of sp³-hybridized carbons (Fsp3) is 0.143. The van der Waals surface area contributed by atoms with Crippen LogP contribution in [-0.2, 0) is 4.74 Å². The third kappa shape index (κ3) is 5.58. The van der Waals surface area contributed by atoms with Crippen molar-refractivity contribution in [2.45, 2.75) is 19.1 Å². The summed E-state index contributed by atoms with van der Waals surface area (Å²) in [6, 6.07) is 13.2. The van der Waals surface area contributed by atoms with Crippen molar-refractivity contribution >= 4 is 17.8 Å². The molecule has 0 saturated carbocycles. The molecule has 1 aliphatic rings. The molecule has 14 heteroatoms. The first-order valence-electron chi connectivity index (χ1n) is 12.3. The van der Waals surface area contributed by atoms with Crippen molar-refractivity contribution in [3.05, 3.63) is 116 Å². The van der Waals surface area contributed by atoms with Crippen molar-refractivity contribution in [1.82, 2.24) is 19.1 Å². The number of halogens is 1. The number of nitrogens with zero attached hydrogens (tertiary/aromatic N) is 5. The Morgan fingerprint density at radius 3 is 2.45 bits per heavy atom. The average molecular weight is 571 g/mol. The summed E-state index contributed by atoms with van der Waals surface area (Å²) in [5.74, 6) is -5.24. The van der Waals surface area contributed by atoms with E-state index in [2.05, 4.69) is 9.97 Å². The Balaban J connectivity index is 1.41. The summed E-state index contributed by atoms with van der Waals surface area (Å²) in [6.07, 6.45) is 2.79. The average Bonchev–Trinajstić information content (AvgIpc) is 3.54. The summed E-state index contributed by atoms with van der Waals surface area (Å²) in [7, 11) is 0. The summed E-state index contributed by atoms with van der Waals surface area (Å²) >= 11 is 0. The fourth-order valence-electron chi connectivity index (χ4n) is 4.02. The number of hydrogen-bond donors (Lipinski definition) is 0. The van der Waals surface area contributed by atoms with Crippen LogP contribution in [0, 0.1) is 17.1 Å². The molecule has 1 aromatic carbocycles. The molecule has 0 radical (unpaired) electrons. The van der Waals surface area contributed by atoms with E-state index in [0.29, 0.717) is 25.6 Å². The summed E-state index contributed by atoms with van der Waals surface area (Å²) in [6.45, 7) is 0.320. The predicted octanol–water partition coefficient (Wildman–Crippen LogP) is 2.25. The van der Waals surface area contributed by atoms with Crippen LogP contribution in [0.5, 0.6) is 11.8 Å². The zero-order chi connectivity index (χ0) is 29.8. The summed E-state index contributed by atoms with van der Waals surface area (Å²) in [5, 5.41) is 9.42. The van der Waals surface area contributed by atoms with Crippen LogP contribution < -0.4 is 20.7 Å². The van der Waals surface area contributed by atoms with Crippen LogP contribution in [0.2, 0.25) is 0 Å². The van der Waals surface area contributed by atoms with Crippen molar-refractivity contribution in [2.24, 2.45) is 0 Å². The molecule has 0 spiro atoms. The normalized spacial score (nSPS) is 14.1. The minimum atomic E-state index is -1.49. The Morgan fingerprint density at radius 1 is 1.00 bits per heavy atom. The summed E-state index contributed by atoms with van der Waals surface area (Å²) < 4.78 is 31.1. The number of rotatable bonds is 6. The van der Waals surface area contributed by atoms with E-state index in [0.717, 1.165) is 23.0 Å². The number of carbonyl (C=O) groups excluding carboxylic acids is 3. The predicted molar refractivity (Wildman–Crippen MR) is 138 cm³/mol. The molecule has 42 heavy (non-hydrogen) atoms. The van der Waals surface area contributed by atoms with Crippen LogP contribution in [0.1, 0.15) is 55.7 Å². The van der Waals surface area contributed by atoms with Gasteiger partial charge in [0.2, 0.25) is 17.6 Å². The van der Waals surface area contributed by atoms with E-state index in [4.69, 9.17) is 14.2 Å². The van der Waals surface area contributed by atoms with Crippen LogP contribution in [0.15, 0.2) is 76.7 Å². The van der Waals surface area contributed by atoms with E-state index in [-0.39, 0.29) is 27.1 Å². The molecule has 3 aromatic heterocycles. The van der Waals surface area contributed by atoms with Gasteiger partial charge in [-0.2, -0.15) is 19.2 Å². The summed E-state index contributed by atoms with van der Waals surface area (Å²) in [4.78, 5) is 71.5. The third-order valence-electron chi connectivity index (χ3n) is 6.06. The van der Waals surface area contributed by atoms with Crippen LogP contribution in [0.3, 0.4) is 0 Å². The van der Waals surface area contributed by atoms with Gasteiger partial charge in [-0.05, 0) is 37.1 Å². The third-order valence-corrected chi connectivity index (χ3v) is 6.06. The van der Waals surface area contributed by atoms with Gasteiger partial charge in [-0.15, -0.1) is 0 Å². The van der Waals surface area contributed by atoms with Crippen LogP contribution in [-0.4, -0.2) is 43.6 Å². The highest BCUT2D eigenvalue weighted by Gasteiger charge is 2.26. The molecule has 1 aliphatic heterocycles. The maximum absolute atomic E-state index is 14.4. The minimum absolute atomic E-state index is 0.0863. The SMILES string of the molecule is N#Cc1ccc(OC(=O)c2ccccc2)nc1OC(=O)c1cncc(C(=O)n2c(=O)c(F)cn(C3CCCO3)c2=O)c1. The fourth-order valence-corrected chi connectivity index (χ4v) is 4.02. The quantitative estimate of drug-likeness (QED) is 0.311. The van der Waals surface area contributed by atoms with E-state index in [1.54, 1.807) is 24.3 Å². The second-order valence-corrected chi connectivity index (χ2v) is 8.80. The lowest BCUT2D eigenvalue weighted by Gasteiger charge is -2.15. The van der Waals surface area contributed by atoms with Gasteiger partial charge in [0.1, 0.15) is 17.9 Å². The number of pyridine rings is 2. The van der Waals surface area contributed by atoms with Gasteiger partial charge >= 0.3 is 17.6 Å². The first-order valence-corrected chi connectivity index (χ1v) is 12.3. The topological polar surface area (TPSA) is 172 Å². The van der Waals surface area contributed by atoms with Crippen molar-refractivity contribution in [3.63, 3.8) is 0 Å². The molecule has 1 fully saturated rings. The highest BCUT2D eigenvalue weighted by molar-refractivity contribution is 5.99. The molecule has 0 aliphatic carbocycles. The molecule has 1 atom stereocenters. The minimum Gasteiger partial charge on any atom is -0.404 e. The van der Waals surface area contributed by atoms with Gasteiger partial charge in [-0.1, -0.05) is 18.2 Å². The second-order valence-electron chi connectivity index (χ2n) is 8.80. The van der Waals surface area contributed by atoms with Crippen molar-refractivity contribution < 1.29 is 33.0 Å². The van der Waals surface area contributed by atoms with E-state index >= 15 is 0 Å². The smallest absolute Gasteiger partial charge is 0.346 e. The Morgan fingerprint density at radius 2 is 1.74 bits per heavy atom. The Hall–Kier alpha value is -5.81. The molecular weight excluding hydrogens is 553 g/mol. The van der Waals surface area contributed by atoms with E-state index in [1.165, 1.54) is 24.3 Å². The first-order chi connectivity index (χ1) is 20.3. The highest BCUT2D eigenvalue weighted by Crippen LogP contribution is 2.22. The standard InChI is InChI=1S/C28H18FN5O8/c29-20-15-33(22-7-4-10-40-22)28(39)34(25(20)36)24(35)18-11-19(14-31-13-18)27(38)42-23-17(12-30)8-9-21(32-23)41-26(37)16-5-2-1-3-6-16/h1-3,5-6,8-9,11,13-15,22H,4,7,10H2. The Labute approximate surface area is 235 Å². The van der Waals surface area contributed by atoms with E-state index in [9.17, 15) is 33.6 Å². The maximum atomic E-state index is 14.4. The lowest BCUT2D eigenvalue weighted by molar-refractivity contribution is 0.0501. The van der Waals surface area contributed by atoms with Gasteiger partial charge in [0, 0.05) is 25.1 Å². The largest absolute Gasteiger partial charge is 0.404 e. The molecule has 4 heterocycles. The van der Waals surface area contributed by atoms with Gasteiger partial charge in [0.25, 0.3) is 11.5 Å². The Kier molecular flexibility index (Phi) is 7.76. The van der Waals surface area contributed by atoms with Crippen molar-refractivity contribution in [2.75, 3.05) is 6.61 Å². The number of nitriles is 1. The number of benzene rings is 1. The first kappa shape index (κ1) is 27.7. The second kappa shape index (κ2) is 11.7. The summed E-state index contributed by atoms with van der Waals surface area (Å²) in [5.41, 5.74) is -3.30. The highest BCUT2D eigenvalue weighted by atomic mass is 19.1. The van der Waals surface area contributed by atoms with E-state index in [1.807, 2.05) is 0 Å². The molecule has 1 unspecified atom stereocenters. The molecular formula is C28H18FN5O8. The van der Waals surface area contributed by atoms with Crippen LogP contribution in [0.4, 0.5) is 4.39 Å². The van der Waals surface area contributed by atoms with Crippen LogP contribution >= 0.6 is 0 Å². The zero-order valence-electron chi connectivity index (χ0n) is 21.4. The molecule has 5 rings (SSSR count). The van der Waals surface area contributed by atoms with Gasteiger partial charge in [-0.3, -0.25) is 19.1 Å². The van der Waals surface area contributed by atoms with Crippen LogP contribution in [0.25, 0.3) is 0 Å². The monoisotopic (exact) mass is 571 g/mol. The van der Waals surface area contributed by atoms with Gasteiger partial charge < -0.3 is 14.2 Å². The maximum Gasteiger partial charge on any atom is 0.346 e. The van der Waals surface area contributed by atoms with E-state index < -0.39 is 52.6 Å². The molecule has 4 aromatic rings. The number of ether oxygens (including phenoxy) is 3. The van der Waals surface area contributed by atoms with Crippen molar-refractivity contribution in [3.8, 4) is 17.8 Å². The van der Waals surface area contributed by atoms with Gasteiger partial charge in [0.05, 0.1) is 22.9 Å². The Bertz CT molecular complexity index is 1870. The molecule has 1 saturated heterocycles. The molecule has 13 nitrogen and oxygen atoms in total. The molecule has 0 bridgehead atoms. The lowest BCUT2D eigenvalue weighted by atomic mass is 10.2. The number of carbonyl (C=O) groups is 3. The molecule has 0 N–H and O–H groups in total. The molecule has 0 amide bonds. The molecule has 210 valence electrons. The van der Waals surface area contributed by atoms with Gasteiger partial charge in [-0.25, -0.2) is 14.4 Å².